The van der Waals surface area contributed by atoms with Crippen molar-refractivity contribution < 1.29 is 4.79 Å². The number of carbonyl (C=O) groups excluding carboxylic acids is 1. The van der Waals surface area contributed by atoms with Crippen LogP contribution >= 0.6 is 0 Å². The maximum atomic E-state index is 11.2. The SMILES string of the molecule is NCC1=C2NCCN2C(=O)C1. The van der Waals surface area contributed by atoms with E-state index in [4.69, 9.17) is 5.73 Å². The molecule has 0 spiro atoms. The molecule has 0 radical (unpaired) electrons. The predicted molar refractivity (Wildman–Crippen MR) is 40.4 cm³/mol. The molecule has 60 valence electrons. The van der Waals surface area contributed by atoms with Crippen LogP contribution in [0.25, 0.3) is 0 Å². The number of carbonyl (C=O) groups is 1. The van der Waals surface area contributed by atoms with Crippen molar-refractivity contribution in [3.8, 4) is 0 Å². The number of nitrogens with zero attached hydrogens (tertiary/aromatic N) is 1. The van der Waals surface area contributed by atoms with Crippen LogP contribution in [-0.4, -0.2) is 30.4 Å². The van der Waals surface area contributed by atoms with E-state index >= 15 is 0 Å². The first kappa shape index (κ1) is 6.67. The van der Waals surface area contributed by atoms with E-state index in [1.165, 1.54) is 0 Å². The van der Waals surface area contributed by atoms with Gasteiger partial charge in [-0.1, -0.05) is 0 Å². The van der Waals surface area contributed by atoms with Crippen molar-refractivity contribution in [2.75, 3.05) is 19.6 Å². The molecule has 2 aliphatic heterocycles. The van der Waals surface area contributed by atoms with Crippen LogP contribution in [-0.2, 0) is 4.79 Å². The smallest absolute Gasteiger partial charge is 0.232 e. The van der Waals surface area contributed by atoms with E-state index in [-0.39, 0.29) is 5.91 Å². The Balaban J connectivity index is 2.31. The number of fused-ring (bicyclic) bond motifs is 1. The summed E-state index contributed by atoms with van der Waals surface area (Å²) in [5.41, 5.74) is 6.52. The standard InChI is InChI=1S/C7H11N3O/c8-4-5-3-6(11)10-2-1-9-7(5)10/h9H,1-4,8H2. The van der Waals surface area contributed by atoms with Gasteiger partial charge in [-0.05, 0) is 5.57 Å². The van der Waals surface area contributed by atoms with Crippen LogP contribution in [0, 0.1) is 0 Å². The maximum absolute atomic E-state index is 11.2. The van der Waals surface area contributed by atoms with Gasteiger partial charge >= 0.3 is 0 Å². The van der Waals surface area contributed by atoms with Gasteiger partial charge in [0, 0.05) is 19.6 Å². The molecular weight excluding hydrogens is 142 g/mol. The van der Waals surface area contributed by atoms with Crippen LogP contribution in [0.15, 0.2) is 11.4 Å². The molecule has 0 saturated carbocycles. The van der Waals surface area contributed by atoms with Crippen LogP contribution < -0.4 is 11.1 Å². The molecule has 1 saturated heterocycles. The summed E-state index contributed by atoms with van der Waals surface area (Å²) in [7, 11) is 0. The minimum Gasteiger partial charge on any atom is -0.370 e. The Bertz CT molecular complexity index is 234. The topological polar surface area (TPSA) is 58.4 Å². The van der Waals surface area contributed by atoms with Crippen molar-refractivity contribution >= 4 is 5.91 Å². The molecule has 0 aromatic carbocycles. The molecule has 2 heterocycles. The Morgan fingerprint density at radius 3 is 3.18 bits per heavy atom. The lowest BCUT2D eigenvalue weighted by atomic mass is 10.2. The van der Waals surface area contributed by atoms with E-state index in [1.54, 1.807) is 4.90 Å². The number of hydrogen-bond acceptors (Lipinski definition) is 3. The fourth-order valence-corrected chi connectivity index (χ4v) is 1.59. The summed E-state index contributed by atoms with van der Waals surface area (Å²) in [5, 5.41) is 3.15. The molecule has 1 amide bonds. The fourth-order valence-electron chi connectivity index (χ4n) is 1.59. The number of rotatable bonds is 1. The summed E-state index contributed by atoms with van der Waals surface area (Å²) in [6, 6.07) is 0. The molecule has 0 aliphatic carbocycles. The molecular formula is C7H11N3O. The van der Waals surface area contributed by atoms with Crippen LogP contribution in [0.1, 0.15) is 6.42 Å². The molecule has 4 nitrogen and oxygen atoms in total. The van der Waals surface area contributed by atoms with Gasteiger partial charge in [0.05, 0.1) is 6.42 Å². The predicted octanol–water partition coefficient (Wildman–Crippen LogP) is -1.01. The van der Waals surface area contributed by atoms with E-state index in [9.17, 15) is 4.79 Å². The zero-order valence-electron chi connectivity index (χ0n) is 6.26. The first-order valence-electron chi connectivity index (χ1n) is 3.79. The van der Waals surface area contributed by atoms with Gasteiger partial charge in [0.25, 0.3) is 0 Å². The number of amides is 1. The maximum Gasteiger partial charge on any atom is 0.232 e. The molecule has 0 unspecified atom stereocenters. The number of hydrogen-bond donors (Lipinski definition) is 2. The zero-order chi connectivity index (χ0) is 7.84. The molecule has 0 aromatic heterocycles. The van der Waals surface area contributed by atoms with E-state index in [1.807, 2.05) is 0 Å². The zero-order valence-corrected chi connectivity index (χ0v) is 6.26. The Morgan fingerprint density at radius 1 is 1.64 bits per heavy atom. The van der Waals surface area contributed by atoms with Crippen molar-refractivity contribution in [3.63, 3.8) is 0 Å². The summed E-state index contributed by atoms with van der Waals surface area (Å²) >= 11 is 0. The molecule has 3 N–H and O–H groups in total. The van der Waals surface area contributed by atoms with Gasteiger partial charge in [0.1, 0.15) is 5.82 Å². The molecule has 4 heteroatoms. The van der Waals surface area contributed by atoms with E-state index in [0.717, 1.165) is 24.5 Å². The van der Waals surface area contributed by atoms with E-state index in [2.05, 4.69) is 5.32 Å². The van der Waals surface area contributed by atoms with Crippen molar-refractivity contribution in [3.05, 3.63) is 11.4 Å². The monoisotopic (exact) mass is 153 g/mol. The molecule has 0 bridgehead atoms. The van der Waals surface area contributed by atoms with Crippen LogP contribution in [0.4, 0.5) is 0 Å². The second-order valence-electron chi connectivity index (χ2n) is 2.81. The highest BCUT2D eigenvalue weighted by Gasteiger charge is 2.32. The van der Waals surface area contributed by atoms with Crippen LogP contribution in [0.2, 0.25) is 0 Å². The van der Waals surface area contributed by atoms with Crippen LogP contribution in [0.3, 0.4) is 0 Å². The summed E-state index contributed by atoms with van der Waals surface area (Å²) in [6.45, 7) is 2.16. The third kappa shape index (κ3) is 0.826. The third-order valence-corrected chi connectivity index (χ3v) is 2.14. The Kier molecular flexibility index (Phi) is 1.35. The molecule has 1 fully saturated rings. The largest absolute Gasteiger partial charge is 0.370 e. The summed E-state index contributed by atoms with van der Waals surface area (Å²) in [4.78, 5) is 13.0. The molecule has 2 aliphatic rings. The molecule has 2 rings (SSSR count). The van der Waals surface area contributed by atoms with Gasteiger partial charge in [-0.15, -0.1) is 0 Å². The summed E-state index contributed by atoms with van der Waals surface area (Å²) < 4.78 is 0. The molecule has 11 heavy (non-hydrogen) atoms. The van der Waals surface area contributed by atoms with Crippen molar-refractivity contribution in [1.82, 2.24) is 10.2 Å². The lowest BCUT2D eigenvalue weighted by Gasteiger charge is -2.08. The third-order valence-electron chi connectivity index (χ3n) is 2.14. The summed E-state index contributed by atoms with van der Waals surface area (Å²) in [6.07, 6.45) is 0.513. The fraction of sp³-hybridized carbons (Fsp3) is 0.571. The van der Waals surface area contributed by atoms with E-state index < -0.39 is 0 Å². The van der Waals surface area contributed by atoms with Crippen molar-refractivity contribution in [2.24, 2.45) is 5.73 Å². The van der Waals surface area contributed by atoms with Gasteiger partial charge in [-0.2, -0.15) is 0 Å². The average Bonchev–Trinajstić information content (AvgIpc) is 2.54. The second kappa shape index (κ2) is 2.23. The first-order valence-corrected chi connectivity index (χ1v) is 3.79. The van der Waals surface area contributed by atoms with Gasteiger partial charge in [0.15, 0.2) is 0 Å². The summed E-state index contributed by atoms with van der Waals surface area (Å²) in [5.74, 6) is 1.16. The first-order chi connectivity index (χ1) is 5.33. The molecule has 0 aromatic rings. The molecule has 0 atom stereocenters. The highest BCUT2D eigenvalue weighted by molar-refractivity contribution is 5.84. The van der Waals surface area contributed by atoms with Crippen molar-refractivity contribution in [2.45, 2.75) is 6.42 Å². The quantitative estimate of drug-likeness (QED) is 0.507. The number of nitrogens with two attached hydrogens (primary N) is 1. The minimum atomic E-state index is 0.186. The minimum absolute atomic E-state index is 0.186. The highest BCUT2D eigenvalue weighted by atomic mass is 16.2. The Labute approximate surface area is 65.0 Å². The normalized spacial score (nSPS) is 22.6. The van der Waals surface area contributed by atoms with Crippen molar-refractivity contribution in [1.29, 1.82) is 0 Å². The average molecular weight is 153 g/mol. The second-order valence-corrected chi connectivity index (χ2v) is 2.81. The lowest BCUT2D eigenvalue weighted by molar-refractivity contribution is -0.126. The van der Waals surface area contributed by atoms with Gasteiger partial charge in [0.2, 0.25) is 5.91 Å². The number of nitrogens with one attached hydrogen (secondary N) is 1. The Hall–Kier alpha value is -1.03. The Morgan fingerprint density at radius 2 is 2.45 bits per heavy atom. The van der Waals surface area contributed by atoms with E-state index in [0.29, 0.717) is 13.0 Å². The highest BCUT2D eigenvalue weighted by Crippen LogP contribution is 2.23. The van der Waals surface area contributed by atoms with Crippen LogP contribution in [0.5, 0.6) is 0 Å². The van der Waals surface area contributed by atoms with Gasteiger partial charge in [-0.3, -0.25) is 9.69 Å². The van der Waals surface area contributed by atoms with Gasteiger partial charge in [-0.25, -0.2) is 0 Å². The van der Waals surface area contributed by atoms with Gasteiger partial charge < -0.3 is 11.1 Å². The lowest BCUT2D eigenvalue weighted by Crippen LogP contribution is -2.21.